The van der Waals surface area contributed by atoms with Gasteiger partial charge in [-0.25, -0.2) is 0 Å². The van der Waals surface area contributed by atoms with Crippen LogP contribution in [0, 0.1) is 26.2 Å². The van der Waals surface area contributed by atoms with E-state index in [0.29, 0.717) is 5.56 Å². The van der Waals surface area contributed by atoms with Gasteiger partial charge >= 0.3 is 0 Å². The van der Waals surface area contributed by atoms with Gasteiger partial charge in [0.15, 0.2) is 0 Å². The second-order valence-corrected chi connectivity index (χ2v) is 4.69. The van der Waals surface area contributed by atoms with Crippen molar-refractivity contribution in [3.05, 3.63) is 34.9 Å². The third kappa shape index (κ3) is 2.92. The van der Waals surface area contributed by atoms with Crippen molar-refractivity contribution < 1.29 is 4.79 Å². The van der Waals surface area contributed by atoms with Crippen molar-refractivity contribution in [1.29, 1.82) is 0 Å². The van der Waals surface area contributed by atoms with E-state index in [1.54, 1.807) is 0 Å². The van der Waals surface area contributed by atoms with Gasteiger partial charge in [-0.05, 0) is 49.9 Å². The van der Waals surface area contributed by atoms with E-state index in [1.807, 2.05) is 45.9 Å². The summed E-state index contributed by atoms with van der Waals surface area (Å²) in [5, 5.41) is 2.97. The first-order valence-electron chi connectivity index (χ1n) is 6.35. The summed E-state index contributed by atoms with van der Waals surface area (Å²) >= 11 is 0. The van der Waals surface area contributed by atoms with Gasteiger partial charge in [-0.15, -0.1) is 6.42 Å². The van der Waals surface area contributed by atoms with Crippen LogP contribution in [0.25, 0.3) is 0 Å². The minimum Gasteiger partial charge on any atom is -0.336 e. The molecule has 0 spiro atoms. The monoisotopic (exact) mass is 243 g/mol. The smallest absolute Gasteiger partial charge is 0.252 e. The first-order chi connectivity index (χ1) is 8.48. The molecule has 1 aromatic carbocycles. The van der Waals surface area contributed by atoms with Crippen molar-refractivity contribution in [3.8, 4) is 12.3 Å². The Bertz CT molecular complexity index is 478. The predicted octanol–water partition coefficient (Wildman–Crippen LogP) is 3.23. The molecule has 0 fully saturated rings. The molecule has 0 aromatic heterocycles. The maximum Gasteiger partial charge on any atom is 0.252 e. The Hall–Kier alpha value is -1.75. The number of rotatable bonds is 4. The molecule has 0 atom stereocenters. The summed E-state index contributed by atoms with van der Waals surface area (Å²) in [5.74, 6) is 2.61. The third-order valence-electron chi connectivity index (χ3n) is 3.61. The second-order valence-electron chi connectivity index (χ2n) is 4.69. The Morgan fingerprint density at radius 1 is 1.28 bits per heavy atom. The molecule has 96 valence electrons. The number of carbonyl (C=O) groups excluding carboxylic acids is 1. The van der Waals surface area contributed by atoms with Crippen molar-refractivity contribution in [2.45, 2.75) is 46.1 Å². The minimum absolute atomic E-state index is 0.0975. The van der Waals surface area contributed by atoms with Crippen LogP contribution in [0.1, 0.15) is 48.2 Å². The van der Waals surface area contributed by atoms with Crippen LogP contribution in [-0.4, -0.2) is 11.4 Å². The van der Waals surface area contributed by atoms with Gasteiger partial charge in [-0.1, -0.05) is 25.8 Å². The predicted molar refractivity (Wildman–Crippen MR) is 75.5 cm³/mol. The van der Waals surface area contributed by atoms with Gasteiger partial charge in [0, 0.05) is 5.56 Å². The molecule has 2 nitrogen and oxygen atoms in total. The molecule has 1 N–H and O–H groups in total. The topological polar surface area (TPSA) is 29.1 Å². The Morgan fingerprint density at radius 2 is 1.89 bits per heavy atom. The first kappa shape index (κ1) is 14.3. The summed E-state index contributed by atoms with van der Waals surface area (Å²) in [6.07, 6.45) is 7.01. The Labute approximate surface area is 110 Å². The molecule has 1 rings (SSSR count). The highest BCUT2D eigenvalue weighted by atomic mass is 16.1. The number of nitrogens with one attached hydrogen (secondary N) is 1. The van der Waals surface area contributed by atoms with E-state index in [-0.39, 0.29) is 5.91 Å². The van der Waals surface area contributed by atoms with Crippen molar-refractivity contribution in [2.75, 3.05) is 0 Å². The number of hydrogen-bond acceptors (Lipinski definition) is 1. The molecule has 0 aliphatic rings. The molecule has 0 unspecified atom stereocenters. The summed E-state index contributed by atoms with van der Waals surface area (Å²) in [4.78, 5) is 12.2. The molecule has 1 amide bonds. The normalized spacial score (nSPS) is 10.8. The molecule has 0 radical (unpaired) electrons. The molecular weight excluding hydrogens is 222 g/mol. The van der Waals surface area contributed by atoms with Crippen LogP contribution in [0.4, 0.5) is 0 Å². The van der Waals surface area contributed by atoms with Crippen LogP contribution in [-0.2, 0) is 0 Å². The van der Waals surface area contributed by atoms with E-state index in [2.05, 4.69) is 11.2 Å². The third-order valence-corrected chi connectivity index (χ3v) is 3.61. The van der Waals surface area contributed by atoms with Gasteiger partial charge in [0.1, 0.15) is 5.54 Å². The summed E-state index contributed by atoms with van der Waals surface area (Å²) in [7, 11) is 0. The average molecular weight is 243 g/mol. The van der Waals surface area contributed by atoms with Crippen LogP contribution in [0.2, 0.25) is 0 Å². The number of terminal acetylenes is 1. The number of aryl methyl sites for hydroxylation is 2. The zero-order valence-electron chi connectivity index (χ0n) is 11.6. The standard InChI is InChI=1S/C16H21NO/c1-6-16(7-2,8-3)17-15(18)14-10-9-12(4)13(5)11-14/h1,9-11H,7-8H2,2-5H3,(H,17,18). The lowest BCUT2D eigenvalue weighted by Crippen LogP contribution is -2.46. The molecule has 0 aliphatic heterocycles. The Morgan fingerprint density at radius 3 is 2.33 bits per heavy atom. The molecule has 2 heteroatoms. The molecular formula is C16H21NO. The van der Waals surface area contributed by atoms with E-state index in [4.69, 9.17) is 6.42 Å². The molecule has 0 bridgehead atoms. The van der Waals surface area contributed by atoms with Crippen molar-refractivity contribution in [1.82, 2.24) is 5.32 Å². The number of hydrogen-bond donors (Lipinski definition) is 1. The highest BCUT2D eigenvalue weighted by Crippen LogP contribution is 2.16. The van der Waals surface area contributed by atoms with Gasteiger partial charge in [0.25, 0.3) is 5.91 Å². The first-order valence-corrected chi connectivity index (χ1v) is 6.35. The number of benzene rings is 1. The zero-order chi connectivity index (χ0) is 13.8. The van der Waals surface area contributed by atoms with Crippen LogP contribution in [0.5, 0.6) is 0 Å². The highest BCUT2D eigenvalue weighted by Gasteiger charge is 2.25. The van der Waals surface area contributed by atoms with Crippen molar-refractivity contribution in [3.63, 3.8) is 0 Å². The second kappa shape index (κ2) is 5.73. The van der Waals surface area contributed by atoms with Crippen LogP contribution in [0.15, 0.2) is 18.2 Å². The SMILES string of the molecule is C#CC(CC)(CC)NC(=O)c1ccc(C)c(C)c1. The van der Waals surface area contributed by atoms with Crippen molar-refractivity contribution >= 4 is 5.91 Å². The number of carbonyl (C=O) groups is 1. The summed E-state index contributed by atoms with van der Waals surface area (Å²) in [5.41, 5.74) is 2.43. The summed E-state index contributed by atoms with van der Waals surface area (Å²) < 4.78 is 0. The highest BCUT2D eigenvalue weighted by molar-refractivity contribution is 5.95. The van der Waals surface area contributed by atoms with Crippen LogP contribution >= 0.6 is 0 Å². The maximum absolute atomic E-state index is 12.2. The van der Waals surface area contributed by atoms with Crippen LogP contribution < -0.4 is 5.32 Å². The van der Waals surface area contributed by atoms with E-state index in [0.717, 1.165) is 18.4 Å². The fraction of sp³-hybridized carbons (Fsp3) is 0.438. The number of amides is 1. The molecule has 0 heterocycles. The fourth-order valence-corrected chi connectivity index (χ4v) is 1.84. The van der Waals surface area contributed by atoms with E-state index in [9.17, 15) is 4.79 Å². The van der Waals surface area contributed by atoms with Gasteiger partial charge in [-0.2, -0.15) is 0 Å². The fourth-order valence-electron chi connectivity index (χ4n) is 1.84. The molecule has 0 saturated heterocycles. The minimum atomic E-state index is -0.532. The van der Waals surface area contributed by atoms with Gasteiger partial charge < -0.3 is 5.32 Å². The molecule has 0 saturated carbocycles. The molecule has 18 heavy (non-hydrogen) atoms. The van der Waals surface area contributed by atoms with E-state index < -0.39 is 5.54 Å². The summed E-state index contributed by atoms with van der Waals surface area (Å²) in [6.45, 7) is 8.01. The van der Waals surface area contributed by atoms with E-state index >= 15 is 0 Å². The van der Waals surface area contributed by atoms with Gasteiger partial charge in [-0.3, -0.25) is 4.79 Å². The van der Waals surface area contributed by atoms with E-state index in [1.165, 1.54) is 5.56 Å². The molecule has 1 aromatic rings. The van der Waals surface area contributed by atoms with Crippen LogP contribution in [0.3, 0.4) is 0 Å². The lowest BCUT2D eigenvalue weighted by atomic mass is 9.93. The average Bonchev–Trinajstić information content (AvgIpc) is 2.39. The van der Waals surface area contributed by atoms with Crippen molar-refractivity contribution in [2.24, 2.45) is 0 Å². The molecule has 0 aliphatic carbocycles. The zero-order valence-corrected chi connectivity index (χ0v) is 11.6. The Kier molecular flexibility index (Phi) is 4.55. The summed E-state index contributed by atoms with van der Waals surface area (Å²) in [6, 6.07) is 5.70. The quantitative estimate of drug-likeness (QED) is 0.808. The van der Waals surface area contributed by atoms with Gasteiger partial charge in [0.2, 0.25) is 0 Å². The lowest BCUT2D eigenvalue weighted by molar-refractivity contribution is 0.0916. The Balaban J connectivity index is 2.95. The van der Waals surface area contributed by atoms with Gasteiger partial charge in [0.05, 0.1) is 0 Å². The lowest BCUT2D eigenvalue weighted by Gasteiger charge is -2.27. The largest absolute Gasteiger partial charge is 0.336 e. The maximum atomic E-state index is 12.2.